The Balaban J connectivity index is 2.04. The van der Waals surface area contributed by atoms with Crippen LogP contribution in [0.1, 0.15) is 32.8 Å². The summed E-state index contributed by atoms with van der Waals surface area (Å²) in [6, 6.07) is 3.90. The number of benzene rings is 1. The first-order valence-corrected chi connectivity index (χ1v) is 11.5. The first-order valence-electron chi connectivity index (χ1n) is 11.1. The second kappa shape index (κ2) is 10.0. The molecule has 2 N–H and O–H groups in total. The lowest BCUT2D eigenvalue weighted by atomic mass is 9.70. The Bertz CT molecular complexity index is 893. The number of anilines is 1. The van der Waals surface area contributed by atoms with Gasteiger partial charge in [-0.25, -0.2) is 0 Å². The van der Waals surface area contributed by atoms with Crippen molar-refractivity contribution in [2.45, 2.75) is 46.2 Å². The molecule has 0 spiro atoms. The molecule has 1 aromatic carbocycles. The van der Waals surface area contributed by atoms with Gasteiger partial charge in [0.2, 0.25) is 11.8 Å². The number of carbonyl (C=O) groups excluding carboxylic acids is 3. The Morgan fingerprint density at radius 2 is 2.00 bits per heavy atom. The molecule has 1 aliphatic carbocycles. The lowest BCUT2D eigenvalue weighted by molar-refractivity contribution is -0.155. The number of fused-ring (bicyclic) bond motifs is 1. The molecule has 3 rings (SSSR count). The molecule has 0 radical (unpaired) electrons. The van der Waals surface area contributed by atoms with E-state index in [2.05, 4.69) is 5.32 Å². The highest BCUT2D eigenvalue weighted by Gasteiger charge is 2.58. The summed E-state index contributed by atoms with van der Waals surface area (Å²) in [5.74, 6) is -3.27. The summed E-state index contributed by atoms with van der Waals surface area (Å²) in [5.41, 5.74) is 1.28. The predicted molar refractivity (Wildman–Crippen MR) is 122 cm³/mol. The van der Waals surface area contributed by atoms with Crippen molar-refractivity contribution in [3.63, 3.8) is 0 Å². The third-order valence-electron chi connectivity index (χ3n) is 6.58. The molecule has 0 aromatic heterocycles. The number of carbonyl (C=O) groups is 3. The number of hydrogen-bond acceptors (Lipinski definition) is 5. The Morgan fingerprint density at radius 3 is 2.59 bits per heavy atom. The van der Waals surface area contributed by atoms with Gasteiger partial charge in [-0.1, -0.05) is 49.7 Å². The number of amides is 2. The summed E-state index contributed by atoms with van der Waals surface area (Å²) in [6.07, 6.45) is 4.21. The van der Waals surface area contributed by atoms with Crippen molar-refractivity contribution in [2.75, 3.05) is 18.5 Å². The number of nitrogens with zero attached hydrogens (tertiary/aromatic N) is 1. The zero-order chi connectivity index (χ0) is 23.6. The summed E-state index contributed by atoms with van der Waals surface area (Å²) in [7, 11) is 0. The molecule has 0 saturated carbocycles. The molecular weight excluding hydrogens is 432 g/mol. The van der Waals surface area contributed by atoms with Crippen LogP contribution in [0.5, 0.6) is 0 Å². The smallest absolute Gasteiger partial charge is 0.310 e. The van der Waals surface area contributed by atoms with Gasteiger partial charge in [0.15, 0.2) is 0 Å². The molecule has 1 aliphatic heterocycles. The summed E-state index contributed by atoms with van der Waals surface area (Å²) < 4.78 is 5.27. The van der Waals surface area contributed by atoms with Crippen molar-refractivity contribution >= 4 is 35.1 Å². The number of allylic oxidation sites excluding steroid dienone is 1. The molecule has 7 nitrogen and oxygen atoms in total. The number of likely N-dealkylation sites (tertiary alicyclic amines) is 1. The molecule has 6 atom stereocenters. The van der Waals surface area contributed by atoms with E-state index < -0.39 is 41.7 Å². The Hall–Kier alpha value is -2.38. The molecule has 2 aliphatic rings. The van der Waals surface area contributed by atoms with Crippen LogP contribution in [0.25, 0.3) is 0 Å². The minimum absolute atomic E-state index is 0.206. The van der Waals surface area contributed by atoms with E-state index in [-0.39, 0.29) is 25.0 Å². The first-order chi connectivity index (χ1) is 15.3. The lowest BCUT2D eigenvalue weighted by Crippen LogP contribution is -2.50. The second-order valence-corrected chi connectivity index (χ2v) is 8.89. The molecular formula is C24H31ClN2O5. The number of esters is 1. The van der Waals surface area contributed by atoms with Crippen molar-refractivity contribution in [2.24, 2.45) is 23.7 Å². The zero-order valence-corrected chi connectivity index (χ0v) is 19.6. The Labute approximate surface area is 193 Å². The molecule has 32 heavy (non-hydrogen) atoms. The van der Waals surface area contributed by atoms with Gasteiger partial charge in [-0.3, -0.25) is 14.4 Å². The molecule has 8 heteroatoms. The van der Waals surface area contributed by atoms with Crippen LogP contribution in [0.3, 0.4) is 0 Å². The number of ether oxygens (including phenoxy) is 1. The van der Waals surface area contributed by atoms with Crippen molar-refractivity contribution in [3.05, 3.63) is 40.9 Å². The van der Waals surface area contributed by atoms with Gasteiger partial charge in [0.05, 0.1) is 41.8 Å². The number of para-hydroxylation sites is 1. The second-order valence-electron chi connectivity index (χ2n) is 8.48. The molecule has 0 bridgehead atoms. The van der Waals surface area contributed by atoms with E-state index >= 15 is 0 Å². The molecule has 0 unspecified atom stereocenters. The molecule has 2 amide bonds. The molecule has 1 heterocycles. The molecule has 174 valence electrons. The normalized spacial score (nSPS) is 27.8. The van der Waals surface area contributed by atoms with Crippen molar-refractivity contribution in [1.82, 2.24) is 4.90 Å². The van der Waals surface area contributed by atoms with Gasteiger partial charge in [0.25, 0.3) is 0 Å². The van der Waals surface area contributed by atoms with Crippen LogP contribution in [0, 0.1) is 30.6 Å². The molecule has 1 saturated heterocycles. The number of rotatable bonds is 7. The van der Waals surface area contributed by atoms with Gasteiger partial charge in [-0.05, 0) is 37.8 Å². The van der Waals surface area contributed by atoms with E-state index in [1.54, 1.807) is 19.1 Å². The summed E-state index contributed by atoms with van der Waals surface area (Å²) >= 11 is 6.31. The summed E-state index contributed by atoms with van der Waals surface area (Å²) in [6.45, 7) is 7.22. The fourth-order valence-electron chi connectivity index (χ4n) is 4.93. The fraction of sp³-hybridized carbons (Fsp3) is 0.542. The van der Waals surface area contributed by atoms with Crippen molar-refractivity contribution in [1.29, 1.82) is 0 Å². The van der Waals surface area contributed by atoms with Gasteiger partial charge in [-0.2, -0.15) is 0 Å². The minimum atomic E-state index is -0.874. The summed E-state index contributed by atoms with van der Waals surface area (Å²) in [5, 5.41) is 13.3. The Kier molecular flexibility index (Phi) is 7.62. The number of aryl methyl sites for hydroxylation is 1. The van der Waals surface area contributed by atoms with Gasteiger partial charge < -0.3 is 20.1 Å². The Morgan fingerprint density at radius 1 is 1.28 bits per heavy atom. The van der Waals surface area contributed by atoms with Crippen molar-refractivity contribution < 1.29 is 24.2 Å². The van der Waals surface area contributed by atoms with E-state index in [0.29, 0.717) is 17.1 Å². The average Bonchev–Trinajstić information content (AvgIpc) is 3.04. The maximum Gasteiger partial charge on any atom is 0.310 e. The van der Waals surface area contributed by atoms with Crippen LogP contribution in [0.15, 0.2) is 30.4 Å². The number of nitrogens with one attached hydrogen (secondary N) is 1. The van der Waals surface area contributed by atoms with Crippen LogP contribution >= 0.6 is 11.6 Å². The van der Waals surface area contributed by atoms with E-state index in [4.69, 9.17) is 16.3 Å². The number of aliphatic hydroxyl groups is 1. The van der Waals surface area contributed by atoms with Gasteiger partial charge in [0, 0.05) is 5.92 Å². The minimum Gasteiger partial charge on any atom is -0.466 e. The van der Waals surface area contributed by atoms with Crippen LogP contribution in [0.4, 0.5) is 5.69 Å². The molecule has 1 aromatic rings. The first kappa shape index (κ1) is 24.3. The van der Waals surface area contributed by atoms with Gasteiger partial charge in [-0.15, -0.1) is 0 Å². The lowest BCUT2D eigenvalue weighted by Gasteiger charge is -2.33. The quantitative estimate of drug-likeness (QED) is 0.479. The van der Waals surface area contributed by atoms with Crippen LogP contribution in [-0.2, 0) is 19.1 Å². The highest BCUT2D eigenvalue weighted by atomic mass is 35.5. The van der Waals surface area contributed by atoms with Gasteiger partial charge >= 0.3 is 5.97 Å². The maximum absolute atomic E-state index is 13.6. The highest BCUT2D eigenvalue weighted by Crippen LogP contribution is 2.45. The monoisotopic (exact) mass is 462 g/mol. The standard InChI is InChI=1S/C24H31ClN2O5/c1-5-15(12-28)27-21(22(29)26-20-14(4)8-7-9-17(20)25)16-11-10-13(3)18(19(16)23(27)30)24(31)32-6-2/h7-11,13,15-16,18-19,21,28H,5-6,12H2,1-4H3,(H,26,29)/t13-,15+,16+,18-,19+,21+/m1/s1. The average molecular weight is 463 g/mol. The third kappa shape index (κ3) is 4.28. The van der Waals surface area contributed by atoms with Gasteiger partial charge in [0.1, 0.15) is 6.04 Å². The number of halogens is 1. The number of hydrogen-bond donors (Lipinski definition) is 2. The predicted octanol–water partition coefficient (Wildman–Crippen LogP) is 3.19. The van der Waals surface area contributed by atoms with E-state index in [0.717, 1.165) is 5.56 Å². The SMILES string of the molecule is CCOC(=O)[C@H]1[C@H]2C(=O)N([C@@H](CC)CO)[C@H](C(=O)Nc3c(C)cccc3Cl)[C@H]2C=C[C@H]1C. The largest absolute Gasteiger partial charge is 0.466 e. The summed E-state index contributed by atoms with van der Waals surface area (Å²) in [4.78, 5) is 41.4. The molecule has 1 fully saturated rings. The van der Waals surface area contributed by atoms with Crippen LogP contribution in [0.2, 0.25) is 5.02 Å². The zero-order valence-electron chi connectivity index (χ0n) is 18.9. The van der Waals surface area contributed by atoms with E-state index in [1.165, 1.54) is 4.90 Å². The fourth-order valence-corrected chi connectivity index (χ4v) is 5.20. The van der Waals surface area contributed by atoms with Crippen LogP contribution in [-0.4, -0.2) is 53.1 Å². The van der Waals surface area contributed by atoms with Crippen molar-refractivity contribution in [3.8, 4) is 0 Å². The third-order valence-corrected chi connectivity index (χ3v) is 6.90. The number of aliphatic hydroxyl groups excluding tert-OH is 1. The van der Waals surface area contributed by atoms with E-state index in [9.17, 15) is 19.5 Å². The maximum atomic E-state index is 13.6. The van der Waals surface area contributed by atoms with E-state index in [1.807, 2.05) is 39.0 Å². The topological polar surface area (TPSA) is 95.9 Å². The highest BCUT2D eigenvalue weighted by molar-refractivity contribution is 6.34. The van der Waals surface area contributed by atoms with Crippen LogP contribution < -0.4 is 5.32 Å².